The van der Waals surface area contributed by atoms with E-state index in [1.54, 1.807) is 29.4 Å². The summed E-state index contributed by atoms with van der Waals surface area (Å²) in [6.07, 6.45) is 1.80. The highest BCUT2D eigenvalue weighted by atomic mass is 32.2. The quantitative estimate of drug-likeness (QED) is 0.445. The van der Waals surface area contributed by atoms with Crippen LogP contribution in [-0.4, -0.2) is 65.7 Å². The van der Waals surface area contributed by atoms with Crippen molar-refractivity contribution in [2.45, 2.75) is 11.4 Å². The molecule has 1 amide bonds. The number of amides is 1. The smallest absolute Gasteiger partial charge is 0.285 e. The van der Waals surface area contributed by atoms with Gasteiger partial charge in [-0.25, -0.2) is 4.98 Å². The summed E-state index contributed by atoms with van der Waals surface area (Å²) in [6, 6.07) is 22.7. The van der Waals surface area contributed by atoms with Gasteiger partial charge in [-0.15, -0.1) is 4.40 Å². The molecule has 0 unspecified atom stereocenters. The highest BCUT2D eigenvalue weighted by Gasteiger charge is 2.33. The first-order valence-electron chi connectivity index (χ1n) is 11.5. The molecule has 1 fully saturated rings. The number of amidine groups is 1. The number of sulfonamides is 1. The van der Waals surface area contributed by atoms with Gasteiger partial charge in [0.05, 0.1) is 17.4 Å². The van der Waals surface area contributed by atoms with Crippen molar-refractivity contribution in [3.63, 3.8) is 0 Å². The average molecular weight is 486 g/mol. The standard InChI is InChI=1S/C26H23N5O3S/c32-26(20-10-11-23-22(16-20)27-18-31(23)17-19-6-2-1-3-7-19)30-14-12-29(13-15-30)25-21-8-4-5-9-24(21)35(33,34)28-25/h1-11,16,18H,12-15,17H2. The number of carbonyl (C=O) groups excluding carboxylic acids is 1. The molecule has 8 nitrogen and oxygen atoms in total. The Morgan fingerprint density at radius 1 is 0.886 bits per heavy atom. The van der Waals surface area contributed by atoms with E-state index in [4.69, 9.17) is 0 Å². The van der Waals surface area contributed by atoms with Gasteiger partial charge in [0.1, 0.15) is 4.90 Å². The molecule has 0 radical (unpaired) electrons. The molecule has 2 aliphatic heterocycles. The van der Waals surface area contributed by atoms with Crippen LogP contribution in [0.5, 0.6) is 0 Å². The fraction of sp³-hybridized carbons (Fsp3) is 0.192. The van der Waals surface area contributed by atoms with Crippen LogP contribution in [0.15, 0.2) is 88.4 Å². The molecule has 35 heavy (non-hydrogen) atoms. The van der Waals surface area contributed by atoms with E-state index in [9.17, 15) is 13.2 Å². The lowest BCUT2D eigenvalue weighted by molar-refractivity contribution is 0.0692. The van der Waals surface area contributed by atoms with E-state index in [-0.39, 0.29) is 10.8 Å². The number of rotatable bonds is 3. The van der Waals surface area contributed by atoms with E-state index in [1.165, 1.54) is 5.56 Å². The van der Waals surface area contributed by atoms with Gasteiger partial charge >= 0.3 is 0 Å². The first kappa shape index (κ1) is 21.5. The van der Waals surface area contributed by atoms with Gasteiger partial charge in [0, 0.05) is 43.9 Å². The number of piperazine rings is 1. The minimum atomic E-state index is -3.66. The van der Waals surface area contributed by atoms with Gasteiger partial charge in [0.2, 0.25) is 0 Å². The van der Waals surface area contributed by atoms with Crippen LogP contribution in [-0.2, 0) is 16.6 Å². The Hall–Kier alpha value is -3.98. The Morgan fingerprint density at radius 3 is 2.43 bits per heavy atom. The molecule has 0 N–H and O–H groups in total. The zero-order valence-corrected chi connectivity index (χ0v) is 19.7. The second-order valence-corrected chi connectivity index (χ2v) is 10.3. The topological polar surface area (TPSA) is 87.9 Å². The predicted octanol–water partition coefficient (Wildman–Crippen LogP) is 2.99. The monoisotopic (exact) mass is 485 g/mol. The summed E-state index contributed by atoms with van der Waals surface area (Å²) < 4.78 is 30.9. The Bertz CT molecular complexity index is 1570. The Kier molecular flexibility index (Phi) is 5.14. The maximum Gasteiger partial charge on any atom is 0.285 e. The Labute approximate surface area is 203 Å². The normalized spacial score (nSPS) is 16.9. The number of nitrogens with zero attached hydrogens (tertiary/aromatic N) is 5. The number of hydrogen-bond acceptors (Lipinski definition) is 5. The van der Waals surface area contributed by atoms with Crippen LogP contribution >= 0.6 is 0 Å². The van der Waals surface area contributed by atoms with Crippen LogP contribution in [0.4, 0.5) is 0 Å². The molecule has 4 aromatic rings. The molecule has 1 saturated heterocycles. The second kappa shape index (κ2) is 8.35. The van der Waals surface area contributed by atoms with Crippen molar-refractivity contribution in [2.24, 2.45) is 4.40 Å². The van der Waals surface area contributed by atoms with Gasteiger partial charge < -0.3 is 14.4 Å². The number of benzene rings is 3. The maximum atomic E-state index is 13.2. The average Bonchev–Trinajstić information content (AvgIpc) is 3.42. The highest BCUT2D eigenvalue weighted by molar-refractivity contribution is 7.90. The lowest BCUT2D eigenvalue weighted by Crippen LogP contribution is -2.50. The van der Waals surface area contributed by atoms with Crippen LogP contribution in [0.2, 0.25) is 0 Å². The molecule has 0 atom stereocenters. The van der Waals surface area contributed by atoms with Crippen molar-refractivity contribution >= 4 is 32.8 Å². The molecule has 0 bridgehead atoms. The van der Waals surface area contributed by atoms with Gasteiger partial charge in [-0.3, -0.25) is 4.79 Å². The first-order chi connectivity index (χ1) is 17.0. The SMILES string of the molecule is O=C(c1ccc2c(c1)ncn2Cc1ccccc1)N1CCN(C2=NS(=O)(=O)c3ccccc32)CC1. The number of carbonyl (C=O) groups is 1. The summed E-state index contributed by atoms with van der Waals surface area (Å²) in [5.41, 5.74) is 4.18. The predicted molar refractivity (Wildman–Crippen MR) is 133 cm³/mol. The number of hydrogen-bond donors (Lipinski definition) is 0. The summed E-state index contributed by atoms with van der Waals surface area (Å²) in [5.74, 6) is 0.420. The minimum absolute atomic E-state index is 0.0504. The molecule has 176 valence electrons. The van der Waals surface area contributed by atoms with Crippen molar-refractivity contribution in [1.29, 1.82) is 0 Å². The van der Waals surface area contributed by atoms with Crippen molar-refractivity contribution in [3.8, 4) is 0 Å². The molecular weight excluding hydrogens is 462 g/mol. The maximum absolute atomic E-state index is 13.2. The van der Waals surface area contributed by atoms with E-state index in [2.05, 4.69) is 26.1 Å². The number of imidazole rings is 1. The third-order valence-corrected chi connectivity index (χ3v) is 7.87. The van der Waals surface area contributed by atoms with Crippen LogP contribution < -0.4 is 0 Å². The van der Waals surface area contributed by atoms with Crippen molar-refractivity contribution in [1.82, 2.24) is 19.4 Å². The van der Waals surface area contributed by atoms with Crippen LogP contribution in [0, 0.1) is 0 Å². The lowest BCUT2D eigenvalue weighted by atomic mass is 10.1. The van der Waals surface area contributed by atoms with Gasteiger partial charge in [0.25, 0.3) is 15.9 Å². The van der Waals surface area contributed by atoms with Crippen molar-refractivity contribution in [3.05, 3.63) is 95.8 Å². The van der Waals surface area contributed by atoms with E-state index < -0.39 is 10.0 Å². The van der Waals surface area contributed by atoms with Crippen LogP contribution in [0.25, 0.3) is 11.0 Å². The molecule has 0 aliphatic carbocycles. The van der Waals surface area contributed by atoms with E-state index in [1.807, 2.05) is 47.4 Å². The van der Waals surface area contributed by atoms with E-state index in [0.717, 1.165) is 17.6 Å². The number of aromatic nitrogens is 2. The summed E-state index contributed by atoms with van der Waals surface area (Å²) in [4.78, 5) is 21.7. The summed E-state index contributed by atoms with van der Waals surface area (Å²) >= 11 is 0. The molecule has 1 aromatic heterocycles. The summed E-state index contributed by atoms with van der Waals surface area (Å²) in [5, 5.41) is 0. The zero-order chi connectivity index (χ0) is 24.0. The fourth-order valence-electron chi connectivity index (χ4n) is 4.72. The van der Waals surface area contributed by atoms with Gasteiger partial charge in [-0.1, -0.05) is 42.5 Å². The van der Waals surface area contributed by atoms with Gasteiger partial charge in [-0.05, 0) is 35.9 Å². The molecule has 3 aromatic carbocycles. The second-order valence-electron chi connectivity index (χ2n) is 8.73. The Morgan fingerprint density at radius 2 is 1.63 bits per heavy atom. The van der Waals surface area contributed by atoms with Gasteiger partial charge in [-0.2, -0.15) is 8.42 Å². The molecule has 2 aliphatic rings. The molecular formula is C26H23N5O3S. The lowest BCUT2D eigenvalue weighted by Gasteiger charge is -2.35. The number of fused-ring (bicyclic) bond motifs is 2. The largest absolute Gasteiger partial charge is 0.352 e. The van der Waals surface area contributed by atoms with Crippen molar-refractivity contribution in [2.75, 3.05) is 26.2 Å². The van der Waals surface area contributed by atoms with Crippen LogP contribution in [0.3, 0.4) is 0 Å². The van der Waals surface area contributed by atoms with E-state index in [0.29, 0.717) is 43.1 Å². The molecule has 0 saturated carbocycles. The first-order valence-corrected chi connectivity index (χ1v) is 12.9. The third kappa shape index (κ3) is 3.87. The molecule has 6 rings (SSSR count). The van der Waals surface area contributed by atoms with E-state index >= 15 is 0 Å². The minimum Gasteiger partial charge on any atom is -0.352 e. The third-order valence-electron chi connectivity index (χ3n) is 6.54. The molecule has 0 spiro atoms. The van der Waals surface area contributed by atoms with Crippen molar-refractivity contribution < 1.29 is 13.2 Å². The molecule has 9 heteroatoms. The summed E-state index contributed by atoms with van der Waals surface area (Å²) in [6.45, 7) is 2.72. The Balaban J connectivity index is 1.16. The highest BCUT2D eigenvalue weighted by Crippen LogP contribution is 2.28. The van der Waals surface area contributed by atoms with Gasteiger partial charge in [0.15, 0.2) is 5.84 Å². The van der Waals surface area contributed by atoms with Crippen LogP contribution in [0.1, 0.15) is 21.5 Å². The fourth-order valence-corrected chi connectivity index (χ4v) is 5.95. The zero-order valence-electron chi connectivity index (χ0n) is 18.9. The molecule has 3 heterocycles. The summed E-state index contributed by atoms with van der Waals surface area (Å²) in [7, 11) is -3.66.